The highest BCUT2D eigenvalue weighted by Crippen LogP contribution is 2.00. The van der Waals surface area contributed by atoms with E-state index in [0.29, 0.717) is 6.54 Å². The molecule has 0 radical (unpaired) electrons. The Labute approximate surface area is 71.8 Å². The lowest BCUT2D eigenvalue weighted by Crippen LogP contribution is -2.47. The minimum atomic E-state index is -0.382. The monoisotopic (exact) mass is 168 g/mol. The Morgan fingerprint density at radius 3 is 3.08 bits per heavy atom. The SMILES string of the molecule is C#CCOC(=O)N1CCCCN1. The number of nitrogens with one attached hydrogen (secondary N) is 1. The third kappa shape index (κ3) is 2.44. The summed E-state index contributed by atoms with van der Waals surface area (Å²) in [4.78, 5) is 11.1. The molecule has 0 saturated carbocycles. The molecule has 0 aromatic carbocycles. The molecule has 0 aliphatic carbocycles. The van der Waals surface area contributed by atoms with Crippen LogP contribution in [0.3, 0.4) is 0 Å². The molecule has 1 saturated heterocycles. The van der Waals surface area contributed by atoms with Gasteiger partial charge in [0.2, 0.25) is 0 Å². The van der Waals surface area contributed by atoms with Gasteiger partial charge in [0.25, 0.3) is 0 Å². The highest BCUT2D eigenvalue weighted by molar-refractivity contribution is 5.67. The third-order valence-corrected chi connectivity index (χ3v) is 1.61. The number of rotatable bonds is 1. The zero-order valence-electron chi connectivity index (χ0n) is 6.88. The molecule has 1 aliphatic rings. The Morgan fingerprint density at radius 1 is 1.67 bits per heavy atom. The van der Waals surface area contributed by atoms with Crippen LogP contribution in [0.5, 0.6) is 0 Å². The van der Waals surface area contributed by atoms with Crippen LogP contribution in [0.4, 0.5) is 4.79 Å². The normalized spacial score (nSPS) is 16.8. The van der Waals surface area contributed by atoms with Crippen molar-refractivity contribution in [3.8, 4) is 12.3 Å². The van der Waals surface area contributed by atoms with Crippen LogP contribution in [0.2, 0.25) is 0 Å². The molecule has 0 unspecified atom stereocenters. The first-order valence-corrected chi connectivity index (χ1v) is 3.96. The fourth-order valence-corrected chi connectivity index (χ4v) is 1.03. The molecule has 0 bridgehead atoms. The molecule has 1 aliphatic heterocycles. The summed E-state index contributed by atoms with van der Waals surface area (Å²) in [6.07, 6.45) is 6.67. The fraction of sp³-hybridized carbons (Fsp3) is 0.625. The summed E-state index contributed by atoms with van der Waals surface area (Å²) in [6.45, 7) is 1.56. The molecule has 1 heterocycles. The lowest BCUT2D eigenvalue weighted by molar-refractivity contribution is 0.0821. The van der Waals surface area contributed by atoms with Crippen LogP contribution in [0.25, 0.3) is 0 Å². The van der Waals surface area contributed by atoms with Crippen LogP contribution < -0.4 is 5.43 Å². The number of terminal acetylenes is 1. The van der Waals surface area contributed by atoms with E-state index in [1.807, 2.05) is 0 Å². The molecule has 1 rings (SSSR count). The van der Waals surface area contributed by atoms with Crippen molar-refractivity contribution in [1.29, 1.82) is 0 Å². The molecule has 1 N–H and O–H groups in total. The standard InChI is InChI=1S/C8H12N2O2/c1-2-7-12-8(11)10-6-4-3-5-9-10/h1,9H,3-7H2. The molecule has 4 heteroatoms. The van der Waals surface area contributed by atoms with Gasteiger partial charge in [-0.2, -0.15) is 0 Å². The molecule has 12 heavy (non-hydrogen) atoms. The van der Waals surface area contributed by atoms with Crippen LogP contribution in [0.1, 0.15) is 12.8 Å². The van der Waals surface area contributed by atoms with Crippen molar-refractivity contribution in [3.05, 3.63) is 0 Å². The number of hydrogen-bond acceptors (Lipinski definition) is 3. The van der Waals surface area contributed by atoms with Crippen molar-refractivity contribution in [2.24, 2.45) is 0 Å². The zero-order chi connectivity index (χ0) is 8.81. The maximum Gasteiger partial charge on any atom is 0.425 e. The number of carbonyl (C=O) groups is 1. The predicted molar refractivity (Wildman–Crippen MR) is 44.1 cm³/mol. The van der Waals surface area contributed by atoms with Crippen molar-refractivity contribution in [1.82, 2.24) is 10.4 Å². The van der Waals surface area contributed by atoms with E-state index in [1.54, 1.807) is 0 Å². The van der Waals surface area contributed by atoms with Crippen LogP contribution in [0.15, 0.2) is 0 Å². The molecule has 66 valence electrons. The Hall–Kier alpha value is -1.21. The van der Waals surface area contributed by atoms with E-state index in [9.17, 15) is 4.79 Å². The van der Waals surface area contributed by atoms with Crippen molar-refractivity contribution < 1.29 is 9.53 Å². The summed E-state index contributed by atoms with van der Waals surface area (Å²) in [5, 5.41) is 1.46. The number of hydrazine groups is 1. The summed E-state index contributed by atoms with van der Waals surface area (Å²) >= 11 is 0. The first-order chi connectivity index (χ1) is 5.84. The van der Waals surface area contributed by atoms with E-state index in [0.717, 1.165) is 19.4 Å². The van der Waals surface area contributed by atoms with Crippen LogP contribution in [-0.4, -0.2) is 30.8 Å². The van der Waals surface area contributed by atoms with Gasteiger partial charge in [-0.1, -0.05) is 5.92 Å². The quantitative estimate of drug-likeness (QED) is 0.575. The zero-order valence-corrected chi connectivity index (χ0v) is 6.88. The molecular formula is C8H12N2O2. The summed E-state index contributed by atoms with van der Waals surface area (Å²) in [7, 11) is 0. The van der Waals surface area contributed by atoms with E-state index in [1.165, 1.54) is 5.01 Å². The van der Waals surface area contributed by atoms with E-state index >= 15 is 0 Å². The Kier molecular flexibility index (Phi) is 3.42. The van der Waals surface area contributed by atoms with Crippen molar-refractivity contribution >= 4 is 6.09 Å². The maximum absolute atomic E-state index is 11.1. The highest BCUT2D eigenvalue weighted by atomic mass is 16.6. The Balaban J connectivity index is 2.26. The van der Waals surface area contributed by atoms with Gasteiger partial charge < -0.3 is 4.74 Å². The number of nitrogens with zero attached hydrogens (tertiary/aromatic N) is 1. The van der Waals surface area contributed by atoms with Gasteiger partial charge in [-0.05, 0) is 12.8 Å². The first kappa shape index (κ1) is 8.88. The summed E-state index contributed by atoms with van der Waals surface area (Å²) in [5.74, 6) is 2.24. The third-order valence-electron chi connectivity index (χ3n) is 1.61. The highest BCUT2D eigenvalue weighted by Gasteiger charge is 2.16. The summed E-state index contributed by atoms with van der Waals surface area (Å²) in [5.41, 5.74) is 2.92. The minimum Gasteiger partial charge on any atom is -0.435 e. The first-order valence-electron chi connectivity index (χ1n) is 3.96. The van der Waals surface area contributed by atoms with Crippen molar-refractivity contribution in [2.75, 3.05) is 19.7 Å². The second kappa shape index (κ2) is 4.62. The summed E-state index contributed by atoms with van der Waals surface area (Å²) in [6, 6.07) is 0. The van der Waals surface area contributed by atoms with Gasteiger partial charge in [0.05, 0.1) is 0 Å². The molecule has 1 amide bonds. The van der Waals surface area contributed by atoms with E-state index in [-0.39, 0.29) is 12.7 Å². The summed E-state index contributed by atoms with van der Waals surface area (Å²) < 4.78 is 4.72. The van der Waals surface area contributed by atoms with Crippen LogP contribution in [-0.2, 0) is 4.74 Å². The van der Waals surface area contributed by atoms with Gasteiger partial charge in [-0.25, -0.2) is 15.2 Å². The van der Waals surface area contributed by atoms with Gasteiger partial charge in [0, 0.05) is 13.1 Å². The molecule has 0 aromatic rings. The smallest absolute Gasteiger partial charge is 0.425 e. The van der Waals surface area contributed by atoms with Gasteiger partial charge in [0.1, 0.15) is 0 Å². The second-order valence-electron chi connectivity index (χ2n) is 2.53. The molecule has 0 aromatic heterocycles. The van der Waals surface area contributed by atoms with Gasteiger partial charge in [-0.3, -0.25) is 0 Å². The second-order valence-corrected chi connectivity index (χ2v) is 2.53. The molecular weight excluding hydrogens is 156 g/mol. The lowest BCUT2D eigenvalue weighted by atomic mass is 10.3. The average molecular weight is 168 g/mol. The minimum absolute atomic E-state index is 0.0387. The van der Waals surface area contributed by atoms with Crippen LogP contribution in [0, 0.1) is 12.3 Å². The molecule has 4 nitrogen and oxygen atoms in total. The molecule has 0 atom stereocenters. The molecule has 1 fully saturated rings. The van der Waals surface area contributed by atoms with Crippen molar-refractivity contribution in [2.45, 2.75) is 12.8 Å². The van der Waals surface area contributed by atoms with Gasteiger partial charge >= 0.3 is 6.09 Å². The number of carbonyl (C=O) groups excluding carboxylic acids is 1. The van der Waals surface area contributed by atoms with Gasteiger partial charge in [0.15, 0.2) is 6.61 Å². The van der Waals surface area contributed by atoms with E-state index in [2.05, 4.69) is 11.3 Å². The number of ether oxygens (including phenoxy) is 1. The lowest BCUT2D eigenvalue weighted by Gasteiger charge is -2.26. The largest absolute Gasteiger partial charge is 0.435 e. The maximum atomic E-state index is 11.1. The van der Waals surface area contributed by atoms with Crippen LogP contribution >= 0.6 is 0 Å². The Morgan fingerprint density at radius 2 is 2.50 bits per heavy atom. The predicted octanol–water partition coefficient (Wildman–Crippen LogP) is 0.357. The number of hydrogen-bond donors (Lipinski definition) is 1. The number of amides is 1. The van der Waals surface area contributed by atoms with E-state index in [4.69, 9.17) is 11.2 Å². The average Bonchev–Trinajstić information content (AvgIpc) is 2.15. The van der Waals surface area contributed by atoms with Crippen molar-refractivity contribution in [3.63, 3.8) is 0 Å². The van der Waals surface area contributed by atoms with Gasteiger partial charge in [-0.15, -0.1) is 6.42 Å². The Bertz CT molecular complexity index is 192. The van der Waals surface area contributed by atoms with E-state index < -0.39 is 0 Å². The fourth-order valence-electron chi connectivity index (χ4n) is 1.03. The molecule has 0 spiro atoms. The topological polar surface area (TPSA) is 41.6 Å².